The average Bonchev–Trinajstić information content (AvgIpc) is 2.75. The van der Waals surface area contributed by atoms with Crippen LogP contribution < -0.4 is 10.5 Å². The van der Waals surface area contributed by atoms with Crippen LogP contribution in [0.2, 0.25) is 0 Å². The van der Waals surface area contributed by atoms with Gasteiger partial charge in [0.05, 0.1) is 13.2 Å². The second-order valence-corrected chi connectivity index (χ2v) is 5.12. The highest BCUT2D eigenvalue weighted by atomic mass is 16.6. The van der Waals surface area contributed by atoms with E-state index in [0.29, 0.717) is 13.2 Å². The van der Waals surface area contributed by atoms with E-state index >= 15 is 0 Å². The number of nitrogens with two attached hydrogens (primary N) is 1. The molecule has 1 aromatic rings. The summed E-state index contributed by atoms with van der Waals surface area (Å²) in [5, 5.41) is 9.66. The van der Waals surface area contributed by atoms with Crippen LogP contribution in [0.5, 0.6) is 5.75 Å². The molecule has 1 fully saturated rings. The lowest BCUT2D eigenvalue weighted by molar-refractivity contribution is 0.0733. The van der Waals surface area contributed by atoms with Gasteiger partial charge in [-0.15, -0.1) is 0 Å². The van der Waals surface area contributed by atoms with Crippen molar-refractivity contribution in [2.24, 2.45) is 5.73 Å². The summed E-state index contributed by atoms with van der Waals surface area (Å²) in [4.78, 5) is 0. The van der Waals surface area contributed by atoms with Crippen molar-refractivity contribution in [1.29, 1.82) is 0 Å². The topological polar surface area (TPSA) is 64.7 Å². The first kappa shape index (κ1) is 12.0. The molecule has 0 saturated carbocycles. The first-order valence-electron chi connectivity index (χ1n) is 6.55. The molecule has 3 unspecified atom stereocenters. The Labute approximate surface area is 107 Å². The Balaban J connectivity index is 1.77. The zero-order chi connectivity index (χ0) is 12.5. The smallest absolute Gasteiger partial charge is 0.150 e. The zero-order valence-corrected chi connectivity index (χ0v) is 10.3. The fraction of sp³-hybridized carbons (Fsp3) is 0.571. The maximum atomic E-state index is 9.66. The Morgan fingerprint density at radius 2 is 2.22 bits per heavy atom. The third kappa shape index (κ3) is 2.23. The predicted molar refractivity (Wildman–Crippen MR) is 67.6 cm³/mol. The molecule has 4 nitrogen and oxygen atoms in total. The van der Waals surface area contributed by atoms with Crippen molar-refractivity contribution in [3.8, 4) is 5.75 Å². The second-order valence-electron chi connectivity index (χ2n) is 5.12. The summed E-state index contributed by atoms with van der Waals surface area (Å²) in [5.41, 5.74) is 8.59. The fourth-order valence-corrected chi connectivity index (χ4v) is 2.71. The van der Waals surface area contributed by atoms with Crippen LogP contribution in [0.15, 0.2) is 18.2 Å². The van der Waals surface area contributed by atoms with Crippen LogP contribution in [0.4, 0.5) is 0 Å². The van der Waals surface area contributed by atoms with Crippen LogP contribution in [-0.4, -0.2) is 30.5 Å². The van der Waals surface area contributed by atoms with Crippen molar-refractivity contribution in [2.75, 3.05) is 13.2 Å². The minimum absolute atomic E-state index is 0.156. The molecule has 0 radical (unpaired) electrons. The third-order valence-corrected chi connectivity index (χ3v) is 3.76. The summed E-state index contributed by atoms with van der Waals surface area (Å²) in [6.45, 7) is 0.818. The summed E-state index contributed by atoms with van der Waals surface area (Å²) in [5.74, 6) is 0.803. The monoisotopic (exact) mass is 249 g/mol. The van der Waals surface area contributed by atoms with Gasteiger partial charge in [-0.3, -0.25) is 0 Å². The van der Waals surface area contributed by atoms with E-state index in [4.69, 9.17) is 15.2 Å². The molecule has 1 aliphatic heterocycles. The van der Waals surface area contributed by atoms with Gasteiger partial charge in [0.15, 0.2) is 0 Å². The van der Waals surface area contributed by atoms with Gasteiger partial charge >= 0.3 is 0 Å². The number of ether oxygens (including phenoxy) is 2. The van der Waals surface area contributed by atoms with E-state index in [0.717, 1.165) is 25.0 Å². The van der Waals surface area contributed by atoms with Crippen LogP contribution in [0.1, 0.15) is 30.0 Å². The molecule has 1 aromatic carbocycles. The number of aryl methyl sites for hydroxylation is 1. The van der Waals surface area contributed by atoms with E-state index in [2.05, 4.69) is 12.1 Å². The lowest BCUT2D eigenvalue weighted by Crippen LogP contribution is -2.29. The maximum absolute atomic E-state index is 9.66. The van der Waals surface area contributed by atoms with Gasteiger partial charge < -0.3 is 20.3 Å². The van der Waals surface area contributed by atoms with Gasteiger partial charge in [-0.25, -0.2) is 0 Å². The standard InChI is InChI=1S/C14H19NO3/c15-12-3-1-2-9-6-10(4-5-11(9)12)18-14-8-17-7-13(14)16/h4-6,12-14,16H,1-3,7-8,15H2. The molecule has 2 aliphatic rings. The maximum Gasteiger partial charge on any atom is 0.150 e. The Morgan fingerprint density at radius 1 is 1.33 bits per heavy atom. The van der Waals surface area contributed by atoms with Gasteiger partial charge in [0, 0.05) is 6.04 Å². The van der Waals surface area contributed by atoms with Gasteiger partial charge in [0.2, 0.25) is 0 Å². The minimum Gasteiger partial charge on any atom is -0.485 e. The quantitative estimate of drug-likeness (QED) is 0.825. The predicted octanol–water partition coefficient (Wildman–Crippen LogP) is 1.16. The largest absolute Gasteiger partial charge is 0.485 e. The zero-order valence-electron chi connectivity index (χ0n) is 10.3. The highest BCUT2D eigenvalue weighted by Gasteiger charge is 2.28. The highest BCUT2D eigenvalue weighted by Crippen LogP contribution is 2.31. The Hall–Kier alpha value is -1.10. The molecule has 4 heteroatoms. The summed E-state index contributed by atoms with van der Waals surface area (Å²) in [7, 11) is 0. The molecule has 1 saturated heterocycles. The molecule has 98 valence electrons. The molecular formula is C14H19NO3. The van der Waals surface area contributed by atoms with Crippen LogP contribution in [-0.2, 0) is 11.2 Å². The van der Waals surface area contributed by atoms with E-state index in [-0.39, 0.29) is 12.1 Å². The molecule has 0 aromatic heterocycles. The number of hydrogen-bond acceptors (Lipinski definition) is 4. The SMILES string of the molecule is NC1CCCc2cc(OC3COCC3O)ccc21. The van der Waals surface area contributed by atoms with Gasteiger partial charge in [0.1, 0.15) is 18.0 Å². The third-order valence-electron chi connectivity index (χ3n) is 3.76. The first-order valence-corrected chi connectivity index (χ1v) is 6.55. The lowest BCUT2D eigenvalue weighted by Gasteiger charge is -2.23. The van der Waals surface area contributed by atoms with Gasteiger partial charge in [-0.05, 0) is 42.5 Å². The molecule has 1 aliphatic carbocycles. The van der Waals surface area contributed by atoms with Crippen molar-refractivity contribution in [3.05, 3.63) is 29.3 Å². The lowest BCUT2D eigenvalue weighted by atomic mass is 9.88. The minimum atomic E-state index is -0.525. The van der Waals surface area contributed by atoms with E-state index in [9.17, 15) is 5.11 Å². The number of rotatable bonds is 2. The molecule has 0 amide bonds. The Kier molecular flexibility index (Phi) is 3.24. The summed E-state index contributed by atoms with van der Waals surface area (Å²) in [6, 6.07) is 6.20. The fourth-order valence-electron chi connectivity index (χ4n) is 2.71. The van der Waals surface area contributed by atoms with Crippen molar-refractivity contribution >= 4 is 0 Å². The highest BCUT2D eigenvalue weighted by molar-refractivity contribution is 5.39. The summed E-state index contributed by atoms with van der Waals surface area (Å²) < 4.78 is 10.9. The van der Waals surface area contributed by atoms with Crippen molar-refractivity contribution in [1.82, 2.24) is 0 Å². The van der Waals surface area contributed by atoms with Crippen LogP contribution in [0.3, 0.4) is 0 Å². The van der Waals surface area contributed by atoms with E-state index in [1.54, 1.807) is 0 Å². The number of benzene rings is 1. The van der Waals surface area contributed by atoms with E-state index in [1.807, 2.05) is 6.07 Å². The number of aliphatic hydroxyl groups is 1. The van der Waals surface area contributed by atoms with Gasteiger partial charge in [-0.2, -0.15) is 0 Å². The molecule has 3 rings (SSSR count). The molecule has 3 N–H and O–H groups in total. The van der Waals surface area contributed by atoms with Crippen LogP contribution in [0, 0.1) is 0 Å². The van der Waals surface area contributed by atoms with Crippen LogP contribution >= 0.6 is 0 Å². The van der Waals surface area contributed by atoms with E-state index < -0.39 is 6.10 Å². The van der Waals surface area contributed by atoms with E-state index in [1.165, 1.54) is 11.1 Å². The van der Waals surface area contributed by atoms with Crippen molar-refractivity contribution < 1.29 is 14.6 Å². The van der Waals surface area contributed by atoms with Crippen molar-refractivity contribution in [3.63, 3.8) is 0 Å². The Bertz CT molecular complexity index is 435. The number of aliphatic hydroxyl groups excluding tert-OH is 1. The second kappa shape index (κ2) is 4.88. The summed E-state index contributed by atoms with van der Waals surface area (Å²) >= 11 is 0. The normalized spacial score (nSPS) is 31.1. The van der Waals surface area contributed by atoms with Crippen LogP contribution in [0.25, 0.3) is 0 Å². The first-order chi connectivity index (χ1) is 8.74. The molecular weight excluding hydrogens is 230 g/mol. The van der Waals surface area contributed by atoms with Gasteiger partial charge in [-0.1, -0.05) is 6.07 Å². The number of fused-ring (bicyclic) bond motifs is 1. The molecule has 0 spiro atoms. The van der Waals surface area contributed by atoms with Crippen molar-refractivity contribution in [2.45, 2.75) is 37.5 Å². The average molecular weight is 249 g/mol. The molecule has 0 bridgehead atoms. The number of hydrogen-bond donors (Lipinski definition) is 2. The molecule has 1 heterocycles. The summed E-state index contributed by atoms with van der Waals surface area (Å²) in [6.07, 6.45) is 2.47. The molecule has 18 heavy (non-hydrogen) atoms. The molecule has 3 atom stereocenters. The Morgan fingerprint density at radius 3 is 3.00 bits per heavy atom. The van der Waals surface area contributed by atoms with Gasteiger partial charge in [0.25, 0.3) is 0 Å².